The molecule has 0 fully saturated rings. The predicted octanol–water partition coefficient (Wildman–Crippen LogP) is 3.98. The monoisotopic (exact) mass is 404 g/mol. The lowest BCUT2D eigenvalue weighted by molar-refractivity contribution is -0.123. The van der Waals surface area contributed by atoms with Crippen molar-refractivity contribution in [3.05, 3.63) is 65.0 Å². The Hall–Kier alpha value is -3.33. The number of phenols is 1. The first-order valence-electron chi connectivity index (χ1n) is 8.05. The van der Waals surface area contributed by atoms with Gasteiger partial charge in [0.15, 0.2) is 22.9 Å². The molecule has 144 valence electrons. The first-order chi connectivity index (χ1) is 13.3. The number of aromatic nitrogens is 1. The number of nitrogens with zero attached hydrogens (tertiary/aromatic N) is 1. The van der Waals surface area contributed by atoms with Gasteiger partial charge in [-0.3, -0.25) is 10.1 Å². The van der Waals surface area contributed by atoms with E-state index in [0.29, 0.717) is 11.3 Å². The molecule has 2 aromatic carbocycles. The summed E-state index contributed by atoms with van der Waals surface area (Å²) in [7, 11) is 0. The van der Waals surface area contributed by atoms with Crippen LogP contribution in [0.3, 0.4) is 0 Å². The molecule has 0 aliphatic carbocycles. The molecule has 6 nitrogen and oxygen atoms in total. The number of hydrogen-bond donors (Lipinski definition) is 2. The molecule has 0 aliphatic rings. The highest BCUT2D eigenvalue weighted by molar-refractivity contribution is 7.14. The van der Waals surface area contributed by atoms with Gasteiger partial charge in [0.05, 0.1) is 11.3 Å². The van der Waals surface area contributed by atoms with Crippen molar-refractivity contribution in [2.45, 2.75) is 13.0 Å². The number of amides is 1. The highest BCUT2D eigenvalue weighted by atomic mass is 32.1. The number of esters is 1. The highest BCUT2D eigenvalue weighted by Gasteiger charge is 2.20. The zero-order valence-corrected chi connectivity index (χ0v) is 15.3. The number of thiazole rings is 1. The summed E-state index contributed by atoms with van der Waals surface area (Å²) in [5.74, 6) is -3.43. The number of hydrogen-bond acceptors (Lipinski definition) is 6. The summed E-state index contributed by atoms with van der Waals surface area (Å²) < 4.78 is 31.4. The van der Waals surface area contributed by atoms with E-state index in [2.05, 4.69) is 10.3 Å². The van der Waals surface area contributed by atoms with Gasteiger partial charge in [0.1, 0.15) is 5.75 Å². The van der Waals surface area contributed by atoms with E-state index >= 15 is 0 Å². The number of aromatic hydroxyl groups is 1. The fourth-order valence-corrected chi connectivity index (χ4v) is 2.96. The second-order valence-electron chi connectivity index (χ2n) is 5.75. The van der Waals surface area contributed by atoms with Crippen LogP contribution < -0.4 is 5.32 Å². The van der Waals surface area contributed by atoms with Crippen molar-refractivity contribution in [3.8, 4) is 17.0 Å². The van der Waals surface area contributed by atoms with Gasteiger partial charge in [-0.15, -0.1) is 11.3 Å². The van der Waals surface area contributed by atoms with Crippen LogP contribution in [-0.2, 0) is 9.53 Å². The summed E-state index contributed by atoms with van der Waals surface area (Å²) >= 11 is 1.08. The number of ether oxygens (including phenoxy) is 1. The van der Waals surface area contributed by atoms with Crippen molar-refractivity contribution < 1.29 is 28.2 Å². The maximum atomic E-state index is 13.3. The van der Waals surface area contributed by atoms with E-state index in [0.717, 1.165) is 23.5 Å². The molecule has 2 N–H and O–H groups in total. The molecule has 1 atom stereocenters. The van der Waals surface area contributed by atoms with Gasteiger partial charge in [0, 0.05) is 10.9 Å². The lowest BCUT2D eigenvalue weighted by Crippen LogP contribution is -2.29. The molecule has 28 heavy (non-hydrogen) atoms. The molecule has 0 saturated carbocycles. The third kappa shape index (κ3) is 4.49. The van der Waals surface area contributed by atoms with Gasteiger partial charge >= 0.3 is 5.97 Å². The molecule has 0 aliphatic heterocycles. The Kier molecular flexibility index (Phi) is 5.65. The smallest absolute Gasteiger partial charge is 0.339 e. The normalized spacial score (nSPS) is 11.7. The van der Waals surface area contributed by atoms with Gasteiger partial charge in [-0.25, -0.2) is 18.6 Å². The minimum Gasteiger partial charge on any atom is -0.508 e. The number of phenolic OH excluding ortho intramolecular Hbond substituents is 1. The molecular weight excluding hydrogens is 390 g/mol. The fourth-order valence-electron chi connectivity index (χ4n) is 2.24. The average molecular weight is 404 g/mol. The highest BCUT2D eigenvalue weighted by Crippen LogP contribution is 2.26. The van der Waals surface area contributed by atoms with Crippen molar-refractivity contribution in [2.75, 3.05) is 5.32 Å². The SMILES string of the molecule is C[C@@H](OC(=O)c1cccc(O)c1)C(=O)Nc1nc(-c2ccc(F)c(F)c2)cs1. The summed E-state index contributed by atoms with van der Waals surface area (Å²) in [4.78, 5) is 28.4. The van der Waals surface area contributed by atoms with Crippen molar-refractivity contribution in [1.29, 1.82) is 0 Å². The van der Waals surface area contributed by atoms with Crippen LogP contribution in [0.1, 0.15) is 17.3 Å². The summed E-state index contributed by atoms with van der Waals surface area (Å²) in [6, 6.07) is 8.93. The van der Waals surface area contributed by atoms with Crippen LogP contribution in [0.2, 0.25) is 0 Å². The van der Waals surface area contributed by atoms with E-state index in [4.69, 9.17) is 4.74 Å². The van der Waals surface area contributed by atoms with Crippen LogP contribution in [0.4, 0.5) is 13.9 Å². The largest absolute Gasteiger partial charge is 0.508 e. The van der Waals surface area contributed by atoms with Crippen LogP contribution >= 0.6 is 11.3 Å². The van der Waals surface area contributed by atoms with Crippen molar-refractivity contribution in [2.24, 2.45) is 0 Å². The van der Waals surface area contributed by atoms with Gasteiger partial charge in [0.25, 0.3) is 5.91 Å². The number of carbonyl (C=O) groups excluding carboxylic acids is 2. The van der Waals surface area contributed by atoms with Crippen LogP contribution in [0.5, 0.6) is 5.75 Å². The third-order valence-corrected chi connectivity index (χ3v) is 4.44. The molecule has 1 heterocycles. The Morgan fingerprint density at radius 3 is 2.68 bits per heavy atom. The lowest BCUT2D eigenvalue weighted by Gasteiger charge is -2.12. The van der Waals surface area contributed by atoms with E-state index in [9.17, 15) is 23.5 Å². The van der Waals surface area contributed by atoms with Gasteiger partial charge < -0.3 is 9.84 Å². The molecule has 0 bridgehead atoms. The van der Waals surface area contributed by atoms with E-state index in [-0.39, 0.29) is 16.4 Å². The Labute approximate surface area is 162 Å². The quantitative estimate of drug-likeness (QED) is 0.628. The van der Waals surface area contributed by atoms with E-state index in [1.54, 1.807) is 5.38 Å². The van der Waals surface area contributed by atoms with Crippen LogP contribution in [0.15, 0.2) is 47.8 Å². The van der Waals surface area contributed by atoms with Gasteiger partial charge in [-0.05, 0) is 43.3 Å². The Morgan fingerprint density at radius 1 is 1.18 bits per heavy atom. The first kappa shape index (κ1) is 19.4. The maximum absolute atomic E-state index is 13.3. The first-order valence-corrected chi connectivity index (χ1v) is 8.93. The molecule has 0 unspecified atom stereocenters. The third-order valence-electron chi connectivity index (χ3n) is 3.68. The Bertz CT molecular complexity index is 1040. The molecule has 0 saturated heterocycles. The zero-order chi connectivity index (χ0) is 20.3. The number of carbonyl (C=O) groups is 2. The molecule has 3 aromatic rings. The molecule has 9 heteroatoms. The summed E-state index contributed by atoms with van der Waals surface area (Å²) in [5.41, 5.74) is 0.831. The van der Waals surface area contributed by atoms with Gasteiger partial charge in [-0.1, -0.05) is 6.07 Å². The summed E-state index contributed by atoms with van der Waals surface area (Å²) in [6.07, 6.45) is -1.12. The number of rotatable bonds is 5. The van der Waals surface area contributed by atoms with Crippen LogP contribution in [0.25, 0.3) is 11.3 Å². The van der Waals surface area contributed by atoms with Crippen LogP contribution in [0, 0.1) is 11.6 Å². The molecule has 1 amide bonds. The second kappa shape index (κ2) is 8.13. The number of nitrogens with one attached hydrogen (secondary N) is 1. The lowest BCUT2D eigenvalue weighted by atomic mass is 10.2. The van der Waals surface area contributed by atoms with Crippen molar-refractivity contribution in [1.82, 2.24) is 4.98 Å². The Morgan fingerprint density at radius 2 is 1.96 bits per heavy atom. The van der Waals surface area contributed by atoms with Crippen molar-refractivity contribution >= 4 is 28.3 Å². The van der Waals surface area contributed by atoms with Crippen LogP contribution in [-0.4, -0.2) is 28.1 Å². The molecule has 3 rings (SSSR count). The Balaban J connectivity index is 1.63. The van der Waals surface area contributed by atoms with E-state index < -0.39 is 29.6 Å². The van der Waals surface area contributed by atoms with Gasteiger partial charge in [-0.2, -0.15) is 0 Å². The number of halogens is 2. The second-order valence-corrected chi connectivity index (χ2v) is 6.61. The predicted molar refractivity (Wildman–Crippen MR) is 99.1 cm³/mol. The number of benzene rings is 2. The van der Waals surface area contributed by atoms with Gasteiger partial charge in [0.2, 0.25) is 0 Å². The van der Waals surface area contributed by atoms with E-state index in [1.165, 1.54) is 37.3 Å². The maximum Gasteiger partial charge on any atom is 0.339 e. The zero-order valence-electron chi connectivity index (χ0n) is 14.5. The molecular formula is C19H14F2N2O4S. The molecule has 0 spiro atoms. The number of anilines is 1. The van der Waals surface area contributed by atoms with Crippen molar-refractivity contribution in [3.63, 3.8) is 0 Å². The molecule has 1 aromatic heterocycles. The fraction of sp³-hybridized carbons (Fsp3) is 0.105. The minimum atomic E-state index is -1.12. The minimum absolute atomic E-state index is 0.0981. The average Bonchev–Trinajstić information content (AvgIpc) is 3.12. The standard InChI is InChI=1S/C19H14F2N2O4S/c1-10(27-18(26)12-3-2-4-13(24)7-12)17(25)23-19-22-16(9-28-19)11-5-6-14(20)15(21)8-11/h2-10,24H,1H3,(H,22,23,25)/t10-/m1/s1. The summed E-state index contributed by atoms with van der Waals surface area (Å²) in [5, 5.41) is 13.7. The summed E-state index contributed by atoms with van der Waals surface area (Å²) in [6.45, 7) is 1.39. The molecule has 0 radical (unpaired) electrons. The van der Waals surface area contributed by atoms with E-state index in [1.807, 2.05) is 0 Å². The topological polar surface area (TPSA) is 88.5 Å².